The van der Waals surface area contributed by atoms with Crippen molar-refractivity contribution in [2.75, 3.05) is 0 Å². The Kier molecular flexibility index (Phi) is 4.20. The number of aromatic nitrogens is 2. The molecule has 21 heavy (non-hydrogen) atoms. The van der Waals surface area contributed by atoms with Crippen LogP contribution in [0, 0.1) is 10.1 Å². The third-order valence-corrected chi connectivity index (χ3v) is 2.80. The molecule has 0 bridgehead atoms. The van der Waals surface area contributed by atoms with Gasteiger partial charge in [0, 0.05) is 18.3 Å². The number of non-ortho nitro benzene ring substituents is 1. The lowest BCUT2D eigenvalue weighted by atomic mass is 10.3. The van der Waals surface area contributed by atoms with Gasteiger partial charge in [0.1, 0.15) is 0 Å². The average molecular weight is 330 g/mol. The Balaban J connectivity index is 2.38. The van der Waals surface area contributed by atoms with E-state index in [0.29, 0.717) is 0 Å². The van der Waals surface area contributed by atoms with Gasteiger partial charge < -0.3 is 9.84 Å². The fourth-order valence-electron chi connectivity index (χ4n) is 1.35. The summed E-state index contributed by atoms with van der Waals surface area (Å²) in [4.78, 5) is 28.1. The molecular formula is C11H5Cl2N3O5. The van der Waals surface area contributed by atoms with Crippen LogP contribution in [0.1, 0.15) is 10.5 Å². The molecule has 1 N–H and O–H groups in total. The molecule has 0 fully saturated rings. The largest absolute Gasteiger partial charge is 0.477 e. The first-order chi connectivity index (χ1) is 9.88. The normalized spacial score (nSPS) is 10.2. The van der Waals surface area contributed by atoms with Gasteiger partial charge >= 0.3 is 12.0 Å². The molecule has 108 valence electrons. The number of aromatic carboxylic acids is 1. The molecule has 0 aliphatic rings. The lowest BCUT2D eigenvalue weighted by Gasteiger charge is -2.07. The minimum atomic E-state index is -1.26. The van der Waals surface area contributed by atoms with E-state index in [1.165, 1.54) is 12.3 Å². The molecule has 0 atom stereocenters. The Hall–Kier alpha value is -2.45. The summed E-state index contributed by atoms with van der Waals surface area (Å²) in [6.45, 7) is 0. The van der Waals surface area contributed by atoms with Crippen molar-refractivity contribution in [2.45, 2.75) is 0 Å². The highest BCUT2D eigenvalue weighted by molar-refractivity contribution is 6.37. The zero-order valence-corrected chi connectivity index (χ0v) is 11.5. The molecule has 0 saturated heterocycles. The average Bonchev–Trinajstić information content (AvgIpc) is 2.42. The number of nitro benzene ring substituents is 1. The fraction of sp³-hybridized carbons (Fsp3) is 0. The first kappa shape index (κ1) is 14.9. The summed E-state index contributed by atoms with van der Waals surface area (Å²) in [7, 11) is 0. The molecule has 0 aliphatic carbocycles. The van der Waals surface area contributed by atoms with Crippen molar-refractivity contribution in [3.05, 3.63) is 50.2 Å². The molecule has 0 amide bonds. The SMILES string of the molecule is O=C(O)c1ccnc(Oc2c(Cl)cc([N+](=O)[O-])cc2Cl)n1. The van der Waals surface area contributed by atoms with E-state index in [0.717, 1.165) is 12.1 Å². The minimum Gasteiger partial charge on any atom is -0.477 e. The van der Waals surface area contributed by atoms with Crippen LogP contribution < -0.4 is 4.74 Å². The van der Waals surface area contributed by atoms with Crippen molar-refractivity contribution in [3.8, 4) is 11.8 Å². The Morgan fingerprint density at radius 1 is 1.33 bits per heavy atom. The predicted octanol–water partition coefficient (Wildman–Crippen LogP) is 3.18. The maximum atomic E-state index is 10.8. The van der Waals surface area contributed by atoms with Crippen molar-refractivity contribution in [2.24, 2.45) is 0 Å². The first-order valence-electron chi connectivity index (χ1n) is 5.26. The van der Waals surface area contributed by atoms with Crippen LogP contribution in [0.5, 0.6) is 11.8 Å². The van der Waals surface area contributed by atoms with E-state index in [1.54, 1.807) is 0 Å². The van der Waals surface area contributed by atoms with E-state index in [1.807, 2.05) is 0 Å². The van der Waals surface area contributed by atoms with Crippen LogP contribution >= 0.6 is 23.2 Å². The molecule has 10 heteroatoms. The number of hydrogen-bond acceptors (Lipinski definition) is 6. The zero-order chi connectivity index (χ0) is 15.6. The van der Waals surface area contributed by atoms with Crippen molar-refractivity contribution in [1.29, 1.82) is 0 Å². The monoisotopic (exact) mass is 329 g/mol. The van der Waals surface area contributed by atoms with Gasteiger partial charge in [0.25, 0.3) is 5.69 Å². The summed E-state index contributed by atoms with van der Waals surface area (Å²) in [5.74, 6) is -1.37. The molecule has 0 saturated carbocycles. The van der Waals surface area contributed by atoms with Gasteiger partial charge in [-0.3, -0.25) is 10.1 Å². The van der Waals surface area contributed by atoms with Crippen molar-refractivity contribution < 1.29 is 19.6 Å². The molecule has 1 aromatic heterocycles. The van der Waals surface area contributed by atoms with Gasteiger partial charge in [-0.25, -0.2) is 9.78 Å². The lowest BCUT2D eigenvalue weighted by molar-refractivity contribution is -0.384. The second-order valence-electron chi connectivity index (χ2n) is 3.63. The van der Waals surface area contributed by atoms with Gasteiger partial charge in [-0.2, -0.15) is 4.98 Å². The lowest BCUT2D eigenvalue weighted by Crippen LogP contribution is -2.02. The second kappa shape index (κ2) is 5.90. The van der Waals surface area contributed by atoms with Crippen LogP contribution in [-0.2, 0) is 0 Å². The van der Waals surface area contributed by atoms with Crippen molar-refractivity contribution in [1.82, 2.24) is 9.97 Å². The Labute approximate surface area is 127 Å². The molecule has 8 nitrogen and oxygen atoms in total. The smallest absolute Gasteiger partial charge is 0.354 e. The molecule has 0 aliphatic heterocycles. The van der Waals surface area contributed by atoms with Crippen LogP contribution in [0.2, 0.25) is 10.0 Å². The third-order valence-electron chi connectivity index (χ3n) is 2.24. The van der Waals surface area contributed by atoms with Gasteiger partial charge in [0.05, 0.1) is 15.0 Å². The Morgan fingerprint density at radius 3 is 2.48 bits per heavy atom. The maximum Gasteiger partial charge on any atom is 0.354 e. The Bertz CT molecular complexity index is 715. The van der Waals surface area contributed by atoms with Crippen LogP contribution in [0.3, 0.4) is 0 Å². The highest BCUT2D eigenvalue weighted by Crippen LogP contribution is 2.38. The van der Waals surface area contributed by atoms with E-state index in [2.05, 4.69) is 9.97 Å². The molecule has 1 aromatic carbocycles. The predicted molar refractivity (Wildman–Crippen MR) is 72.2 cm³/mol. The van der Waals surface area contributed by atoms with E-state index in [9.17, 15) is 14.9 Å². The molecule has 0 unspecified atom stereocenters. The van der Waals surface area contributed by atoms with Crippen LogP contribution in [-0.4, -0.2) is 26.0 Å². The van der Waals surface area contributed by atoms with Gasteiger partial charge in [-0.1, -0.05) is 23.2 Å². The number of ether oxygens (including phenoxy) is 1. The number of hydrogen-bond donors (Lipinski definition) is 1. The highest BCUT2D eigenvalue weighted by Gasteiger charge is 2.18. The van der Waals surface area contributed by atoms with E-state index < -0.39 is 10.9 Å². The van der Waals surface area contributed by atoms with Crippen molar-refractivity contribution >= 4 is 34.9 Å². The first-order valence-corrected chi connectivity index (χ1v) is 6.01. The summed E-state index contributed by atoms with van der Waals surface area (Å²) < 4.78 is 5.19. The summed E-state index contributed by atoms with van der Waals surface area (Å²) in [5.41, 5.74) is -0.591. The number of halogens is 2. The maximum absolute atomic E-state index is 10.8. The van der Waals surface area contributed by atoms with E-state index >= 15 is 0 Å². The third kappa shape index (κ3) is 3.36. The molecule has 2 aromatic rings. The van der Waals surface area contributed by atoms with Gasteiger partial charge in [0.2, 0.25) is 0 Å². The molecule has 0 spiro atoms. The number of nitro groups is 1. The number of nitrogens with zero attached hydrogens (tertiary/aromatic N) is 3. The van der Waals surface area contributed by atoms with Crippen molar-refractivity contribution in [3.63, 3.8) is 0 Å². The molecule has 0 radical (unpaired) electrons. The van der Waals surface area contributed by atoms with Crippen LogP contribution in [0.25, 0.3) is 0 Å². The number of carboxylic acid groups (broad SMARTS) is 1. The summed E-state index contributed by atoms with van der Waals surface area (Å²) in [6, 6.07) is 2.97. The number of benzene rings is 1. The fourth-order valence-corrected chi connectivity index (χ4v) is 1.90. The quantitative estimate of drug-likeness (QED) is 0.676. The second-order valence-corrected chi connectivity index (χ2v) is 4.44. The molecular weight excluding hydrogens is 325 g/mol. The Morgan fingerprint density at radius 2 is 1.95 bits per heavy atom. The topological polar surface area (TPSA) is 115 Å². The summed E-state index contributed by atoms with van der Waals surface area (Å²) >= 11 is 11.7. The van der Waals surface area contributed by atoms with Gasteiger partial charge in [-0.15, -0.1) is 0 Å². The summed E-state index contributed by atoms with van der Waals surface area (Å²) in [5, 5.41) is 19.2. The minimum absolute atomic E-state index is 0.105. The van der Waals surface area contributed by atoms with Gasteiger partial charge in [-0.05, 0) is 6.07 Å². The van der Waals surface area contributed by atoms with Gasteiger partial charge in [0.15, 0.2) is 11.4 Å². The number of carboxylic acids is 1. The number of carbonyl (C=O) groups is 1. The number of rotatable bonds is 4. The molecule has 1 heterocycles. The standard InChI is InChI=1S/C11H5Cl2N3O5/c12-6-3-5(16(19)20)4-7(13)9(6)21-11-14-2-1-8(15-11)10(17)18/h1-4H,(H,17,18). The zero-order valence-electron chi connectivity index (χ0n) is 9.99. The van der Waals surface area contributed by atoms with Crippen LogP contribution in [0.4, 0.5) is 5.69 Å². The summed E-state index contributed by atoms with van der Waals surface area (Å²) in [6.07, 6.45) is 1.18. The van der Waals surface area contributed by atoms with E-state index in [4.69, 9.17) is 33.0 Å². The highest BCUT2D eigenvalue weighted by atomic mass is 35.5. The van der Waals surface area contributed by atoms with E-state index in [-0.39, 0.29) is 33.2 Å². The van der Waals surface area contributed by atoms with Crippen LogP contribution in [0.15, 0.2) is 24.4 Å². The molecule has 2 rings (SSSR count).